The number of carbonyl (C=O) groups is 4. The van der Waals surface area contributed by atoms with Crippen molar-refractivity contribution in [2.45, 2.75) is 45.4 Å². The van der Waals surface area contributed by atoms with Gasteiger partial charge >= 0.3 is 17.9 Å². The van der Waals surface area contributed by atoms with E-state index >= 15 is 0 Å². The van der Waals surface area contributed by atoms with Gasteiger partial charge in [-0.3, -0.25) is 14.4 Å². The third-order valence-electron chi connectivity index (χ3n) is 3.13. The molecule has 27 heavy (non-hydrogen) atoms. The van der Waals surface area contributed by atoms with Crippen LogP contribution in [0.25, 0.3) is 0 Å². The zero-order valence-corrected chi connectivity index (χ0v) is 16.6. The van der Waals surface area contributed by atoms with E-state index in [0.29, 0.717) is 12.2 Å². The molecule has 0 rings (SSSR count). The number of thioether (sulfide) groups is 1. The third-order valence-corrected chi connectivity index (χ3v) is 4.33. The maximum Gasteiger partial charge on any atom is 0.329 e. The first-order valence-electron chi connectivity index (χ1n) is 8.39. The largest absolute Gasteiger partial charge is 0.480 e. The summed E-state index contributed by atoms with van der Waals surface area (Å²) in [6, 6.07) is -1.15. The van der Waals surface area contributed by atoms with E-state index in [9.17, 15) is 19.2 Å². The van der Waals surface area contributed by atoms with E-state index in [0.717, 1.165) is 0 Å². The number of aliphatic carboxylic acids is 1. The maximum absolute atomic E-state index is 12.1. The molecule has 0 aromatic heterocycles. The Morgan fingerprint density at radius 2 is 1.78 bits per heavy atom. The van der Waals surface area contributed by atoms with Crippen molar-refractivity contribution in [3.8, 4) is 0 Å². The number of nitrogens with two attached hydrogens (primary N) is 1. The smallest absolute Gasteiger partial charge is 0.329 e. The van der Waals surface area contributed by atoms with Crippen LogP contribution in [0.3, 0.4) is 0 Å². The first-order chi connectivity index (χ1) is 12.6. The Bertz CT molecular complexity index is 503. The number of amides is 1. The SMILES string of the molecule is CC[C@@H](COCC(=O)O)NC(=O)[C@@H](N)CSC[C@@H](COC(C)=O)OC(C)=O. The van der Waals surface area contributed by atoms with Crippen LogP contribution in [0, 0.1) is 0 Å². The van der Waals surface area contributed by atoms with Crippen LogP contribution in [-0.2, 0) is 33.4 Å². The number of carboxylic acids is 1. The average Bonchev–Trinajstić information content (AvgIpc) is 2.57. The molecule has 0 unspecified atom stereocenters. The predicted molar refractivity (Wildman–Crippen MR) is 98.2 cm³/mol. The minimum atomic E-state index is -1.08. The molecule has 0 fully saturated rings. The average molecular weight is 408 g/mol. The normalized spacial score (nSPS) is 13.9. The lowest BCUT2D eigenvalue weighted by Gasteiger charge is -2.20. The number of carbonyl (C=O) groups excluding carboxylic acids is 3. The van der Waals surface area contributed by atoms with E-state index in [1.165, 1.54) is 25.6 Å². The Morgan fingerprint density at radius 1 is 1.11 bits per heavy atom. The van der Waals surface area contributed by atoms with Crippen LogP contribution in [0.5, 0.6) is 0 Å². The summed E-state index contributed by atoms with van der Waals surface area (Å²) in [5, 5.41) is 11.2. The number of ether oxygens (including phenoxy) is 3. The second kappa shape index (κ2) is 14.2. The van der Waals surface area contributed by atoms with E-state index in [2.05, 4.69) is 5.32 Å². The molecule has 0 bridgehead atoms. The zero-order valence-electron chi connectivity index (χ0n) is 15.8. The molecule has 0 saturated carbocycles. The topological polar surface area (TPSA) is 154 Å². The number of nitrogens with one attached hydrogen (secondary N) is 1. The highest BCUT2D eigenvalue weighted by Gasteiger charge is 2.20. The van der Waals surface area contributed by atoms with Crippen molar-refractivity contribution in [3.63, 3.8) is 0 Å². The standard InChI is InChI=1S/C16H28N2O8S/c1-4-12(5-24-7-15(21)22)18-16(23)14(17)9-27-8-13(26-11(3)20)6-25-10(2)19/h12-14H,4-9,17H2,1-3H3,(H,18,23)(H,21,22)/t12-,13+,14-/m0/s1. The van der Waals surface area contributed by atoms with Gasteiger partial charge in [0.2, 0.25) is 5.91 Å². The molecule has 0 radical (unpaired) electrons. The van der Waals surface area contributed by atoms with Crippen molar-refractivity contribution < 1.29 is 38.5 Å². The van der Waals surface area contributed by atoms with Crippen molar-refractivity contribution in [1.29, 1.82) is 0 Å². The molecule has 0 saturated heterocycles. The van der Waals surface area contributed by atoms with E-state index in [4.69, 9.17) is 25.1 Å². The van der Waals surface area contributed by atoms with Gasteiger partial charge in [0.15, 0.2) is 0 Å². The highest BCUT2D eigenvalue weighted by atomic mass is 32.2. The van der Waals surface area contributed by atoms with E-state index in [1.807, 2.05) is 6.92 Å². The third kappa shape index (κ3) is 13.9. The fraction of sp³-hybridized carbons (Fsp3) is 0.750. The molecule has 0 aromatic carbocycles. The van der Waals surface area contributed by atoms with Gasteiger partial charge in [-0.05, 0) is 6.42 Å². The number of rotatable bonds is 14. The number of hydrogen-bond acceptors (Lipinski definition) is 9. The summed E-state index contributed by atoms with van der Waals surface area (Å²) in [5.41, 5.74) is 5.85. The monoisotopic (exact) mass is 408 g/mol. The highest BCUT2D eigenvalue weighted by Crippen LogP contribution is 2.09. The first kappa shape index (κ1) is 25.1. The highest BCUT2D eigenvalue weighted by molar-refractivity contribution is 7.99. The van der Waals surface area contributed by atoms with Crippen molar-refractivity contribution in [2.24, 2.45) is 5.73 Å². The number of esters is 2. The Morgan fingerprint density at radius 3 is 2.30 bits per heavy atom. The summed E-state index contributed by atoms with van der Waals surface area (Å²) < 4.78 is 14.9. The molecule has 0 aliphatic heterocycles. The predicted octanol–water partition coefficient (Wildman–Crippen LogP) is -0.462. The van der Waals surface area contributed by atoms with Crippen LogP contribution in [0.1, 0.15) is 27.2 Å². The zero-order chi connectivity index (χ0) is 20.8. The van der Waals surface area contributed by atoms with Crippen LogP contribution in [-0.4, -0.2) is 78.4 Å². The summed E-state index contributed by atoms with van der Waals surface area (Å²) in [4.78, 5) is 44.5. The maximum atomic E-state index is 12.1. The molecule has 10 nitrogen and oxygen atoms in total. The molecular weight excluding hydrogens is 380 g/mol. The fourth-order valence-corrected chi connectivity index (χ4v) is 2.79. The summed E-state index contributed by atoms with van der Waals surface area (Å²) in [6.45, 7) is 3.90. The van der Waals surface area contributed by atoms with Gasteiger partial charge in [-0.2, -0.15) is 11.8 Å². The summed E-state index contributed by atoms with van der Waals surface area (Å²) in [6.07, 6.45) is -0.0678. The minimum absolute atomic E-state index is 0.0673. The van der Waals surface area contributed by atoms with Gasteiger partial charge < -0.3 is 30.4 Å². The molecule has 1 amide bonds. The molecule has 0 spiro atoms. The Labute approximate surface area is 162 Å². The van der Waals surface area contributed by atoms with Gasteiger partial charge in [0, 0.05) is 25.4 Å². The Balaban J connectivity index is 4.28. The summed E-state index contributed by atoms with van der Waals surface area (Å²) in [5.74, 6) is -1.88. The van der Waals surface area contributed by atoms with Gasteiger partial charge in [0.05, 0.1) is 18.7 Å². The molecule has 156 valence electrons. The second-order valence-electron chi connectivity index (χ2n) is 5.70. The minimum Gasteiger partial charge on any atom is -0.480 e. The van der Waals surface area contributed by atoms with Crippen LogP contribution >= 0.6 is 11.8 Å². The van der Waals surface area contributed by atoms with Crippen molar-refractivity contribution in [1.82, 2.24) is 5.32 Å². The van der Waals surface area contributed by atoms with E-state index in [-0.39, 0.29) is 25.0 Å². The van der Waals surface area contributed by atoms with E-state index < -0.39 is 42.6 Å². The number of carboxylic acid groups (broad SMARTS) is 1. The van der Waals surface area contributed by atoms with Crippen LogP contribution in [0.2, 0.25) is 0 Å². The van der Waals surface area contributed by atoms with Crippen LogP contribution < -0.4 is 11.1 Å². The molecule has 0 aliphatic rings. The van der Waals surface area contributed by atoms with Gasteiger partial charge in [-0.1, -0.05) is 6.92 Å². The Kier molecular flexibility index (Phi) is 13.3. The number of hydrogen-bond donors (Lipinski definition) is 3. The summed E-state index contributed by atoms with van der Waals surface area (Å²) in [7, 11) is 0. The van der Waals surface area contributed by atoms with Gasteiger partial charge in [0.25, 0.3) is 0 Å². The van der Waals surface area contributed by atoms with E-state index in [1.54, 1.807) is 0 Å². The fourth-order valence-electron chi connectivity index (χ4n) is 1.82. The van der Waals surface area contributed by atoms with Gasteiger partial charge in [0.1, 0.15) is 19.3 Å². The second-order valence-corrected chi connectivity index (χ2v) is 6.78. The van der Waals surface area contributed by atoms with Gasteiger partial charge in [-0.15, -0.1) is 0 Å². The lowest BCUT2D eigenvalue weighted by molar-refractivity contribution is -0.154. The lowest BCUT2D eigenvalue weighted by atomic mass is 10.2. The Hall–Kier alpha value is -1.85. The quantitative estimate of drug-likeness (QED) is 0.322. The molecule has 4 N–H and O–H groups in total. The summed E-state index contributed by atoms with van der Waals surface area (Å²) >= 11 is 1.28. The first-order valence-corrected chi connectivity index (χ1v) is 9.54. The molecular formula is C16H28N2O8S. The van der Waals surface area contributed by atoms with Crippen LogP contribution in [0.15, 0.2) is 0 Å². The molecule has 0 aliphatic carbocycles. The molecule has 0 aromatic rings. The van der Waals surface area contributed by atoms with Crippen molar-refractivity contribution in [2.75, 3.05) is 31.3 Å². The molecule has 0 heterocycles. The van der Waals surface area contributed by atoms with Crippen molar-refractivity contribution >= 4 is 35.6 Å². The lowest BCUT2D eigenvalue weighted by Crippen LogP contribution is -2.48. The molecule has 3 atom stereocenters. The van der Waals surface area contributed by atoms with Gasteiger partial charge in [-0.25, -0.2) is 4.79 Å². The van der Waals surface area contributed by atoms with Crippen LogP contribution in [0.4, 0.5) is 0 Å². The molecule has 11 heteroatoms. The van der Waals surface area contributed by atoms with Crippen molar-refractivity contribution in [3.05, 3.63) is 0 Å².